The third-order valence-corrected chi connectivity index (χ3v) is 3.01. The highest BCUT2D eigenvalue weighted by Gasteiger charge is 2.12. The minimum atomic E-state index is 0.590. The number of nitrogens with zero attached hydrogens (tertiary/aromatic N) is 5. The maximum absolute atomic E-state index is 5.32. The van der Waals surface area contributed by atoms with E-state index in [1.165, 1.54) is 0 Å². The number of aryl methyl sites for hydroxylation is 2. The van der Waals surface area contributed by atoms with Gasteiger partial charge in [-0.1, -0.05) is 17.2 Å². The Hall–Kier alpha value is -2.02. The van der Waals surface area contributed by atoms with Crippen molar-refractivity contribution in [1.29, 1.82) is 0 Å². The van der Waals surface area contributed by atoms with Gasteiger partial charge in [0.25, 0.3) is 5.95 Å². The Labute approximate surface area is 102 Å². The van der Waals surface area contributed by atoms with Crippen molar-refractivity contribution in [3.05, 3.63) is 28.5 Å². The molecule has 2 heterocycles. The van der Waals surface area contributed by atoms with Gasteiger partial charge in [-0.3, -0.25) is 4.57 Å². The van der Waals surface area contributed by atoms with Crippen molar-refractivity contribution in [2.45, 2.75) is 6.92 Å². The Morgan fingerprint density at radius 1 is 1.35 bits per heavy atom. The molecule has 0 aliphatic rings. The lowest BCUT2D eigenvalue weighted by Crippen LogP contribution is -2.04. The molecule has 6 nitrogen and oxygen atoms in total. The van der Waals surface area contributed by atoms with Gasteiger partial charge >= 0.3 is 0 Å². The van der Waals surface area contributed by atoms with Gasteiger partial charge in [-0.25, -0.2) is 4.68 Å². The molecule has 0 unspecified atom stereocenters. The summed E-state index contributed by atoms with van der Waals surface area (Å²) in [6.45, 7) is 2.03. The van der Waals surface area contributed by atoms with Crippen molar-refractivity contribution < 1.29 is 0 Å². The molecule has 0 spiro atoms. The summed E-state index contributed by atoms with van der Waals surface area (Å²) in [7, 11) is 1.78. The molecule has 0 saturated carbocycles. The van der Waals surface area contributed by atoms with Crippen LogP contribution in [-0.4, -0.2) is 29.8 Å². The van der Waals surface area contributed by atoms with Crippen molar-refractivity contribution in [2.75, 3.05) is 0 Å². The van der Waals surface area contributed by atoms with E-state index in [-0.39, 0.29) is 0 Å². The van der Waals surface area contributed by atoms with E-state index in [4.69, 9.17) is 12.2 Å². The van der Waals surface area contributed by atoms with Crippen molar-refractivity contribution >= 4 is 23.3 Å². The highest BCUT2D eigenvalue weighted by Crippen LogP contribution is 2.20. The van der Waals surface area contributed by atoms with E-state index in [0.29, 0.717) is 10.7 Å². The van der Waals surface area contributed by atoms with Crippen LogP contribution in [0.2, 0.25) is 0 Å². The second kappa shape index (κ2) is 3.49. The number of rotatable bonds is 1. The van der Waals surface area contributed by atoms with E-state index >= 15 is 0 Å². The molecule has 1 aromatic carbocycles. The summed E-state index contributed by atoms with van der Waals surface area (Å²) in [5, 5.41) is 11.4. The fourth-order valence-corrected chi connectivity index (χ4v) is 2.17. The molecule has 0 saturated heterocycles. The first kappa shape index (κ1) is 10.2. The Morgan fingerprint density at radius 2 is 2.18 bits per heavy atom. The zero-order valence-corrected chi connectivity index (χ0v) is 10.2. The van der Waals surface area contributed by atoms with Gasteiger partial charge in [0.15, 0.2) is 4.77 Å². The summed E-state index contributed by atoms with van der Waals surface area (Å²) < 4.78 is 4.01. The van der Waals surface area contributed by atoms with Crippen LogP contribution in [0.4, 0.5) is 0 Å². The first-order chi connectivity index (χ1) is 8.18. The summed E-state index contributed by atoms with van der Waals surface area (Å²) >= 11 is 5.32. The topological polar surface area (TPSA) is 64.3 Å². The van der Waals surface area contributed by atoms with Crippen molar-refractivity contribution in [2.24, 2.45) is 7.05 Å². The lowest BCUT2D eigenvalue weighted by molar-refractivity contribution is 0.693. The van der Waals surface area contributed by atoms with Crippen LogP contribution >= 0.6 is 12.2 Å². The summed E-state index contributed by atoms with van der Waals surface area (Å²) in [4.78, 5) is 3.18. The summed E-state index contributed by atoms with van der Waals surface area (Å²) in [6.07, 6.45) is 0. The number of imidazole rings is 1. The Bertz CT molecular complexity index is 750. The van der Waals surface area contributed by atoms with Gasteiger partial charge in [-0.05, 0) is 41.2 Å². The maximum Gasteiger partial charge on any atom is 0.256 e. The first-order valence-electron chi connectivity index (χ1n) is 5.11. The number of hydrogen-bond donors (Lipinski definition) is 1. The van der Waals surface area contributed by atoms with Gasteiger partial charge in [0.05, 0.1) is 11.0 Å². The SMILES string of the molecule is Cc1cccc2c1[nH]c(=S)n2-c1nnnn1C. The van der Waals surface area contributed by atoms with E-state index in [2.05, 4.69) is 20.5 Å². The van der Waals surface area contributed by atoms with Crippen molar-refractivity contribution in [3.8, 4) is 5.95 Å². The number of aromatic nitrogens is 6. The summed E-state index contributed by atoms with van der Waals surface area (Å²) in [5.41, 5.74) is 3.14. The van der Waals surface area contributed by atoms with Gasteiger partial charge in [0.1, 0.15) is 0 Å². The van der Waals surface area contributed by atoms with Gasteiger partial charge in [-0.15, -0.1) is 0 Å². The van der Waals surface area contributed by atoms with Gasteiger partial charge in [0, 0.05) is 7.05 Å². The Morgan fingerprint density at radius 3 is 2.88 bits per heavy atom. The molecule has 2 aromatic heterocycles. The van der Waals surface area contributed by atoms with Crippen molar-refractivity contribution in [3.63, 3.8) is 0 Å². The number of aromatic amines is 1. The van der Waals surface area contributed by atoms with Crippen LogP contribution in [0.25, 0.3) is 17.0 Å². The molecule has 0 fully saturated rings. The number of para-hydroxylation sites is 1. The van der Waals surface area contributed by atoms with E-state index < -0.39 is 0 Å². The lowest BCUT2D eigenvalue weighted by Gasteiger charge is -2.01. The average Bonchev–Trinajstić information content (AvgIpc) is 2.83. The summed E-state index contributed by atoms with van der Waals surface area (Å²) in [5.74, 6) is 0.604. The monoisotopic (exact) mass is 246 g/mol. The molecule has 7 heteroatoms. The molecule has 3 aromatic rings. The minimum absolute atomic E-state index is 0.590. The van der Waals surface area contributed by atoms with Gasteiger partial charge in [-0.2, -0.15) is 0 Å². The first-order valence-corrected chi connectivity index (χ1v) is 5.52. The van der Waals surface area contributed by atoms with Crippen LogP contribution in [0.5, 0.6) is 0 Å². The quantitative estimate of drug-likeness (QED) is 0.661. The van der Waals surface area contributed by atoms with Crippen LogP contribution in [0.1, 0.15) is 5.56 Å². The lowest BCUT2D eigenvalue weighted by atomic mass is 10.2. The van der Waals surface area contributed by atoms with E-state index in [1.54, 1.807) is 11.7 Å². The molecule has 0 radical (unpaired) electrons. The fraction of sp³-hybridized carbons (Fsp3) is 0.200. The highest BCUT2D eigenvalue weighted by atomic mass is 32.1. The average molecular weight is 246 g/mol. The second-order valence-corrected chi connectivity index (χ2v) is 4.22. The third-order valence-electron chi connectivity index (χ3n) is 2.72. The number of nitrogens with one attached hydrogen (secondary N) is 1. The number of fused-ring (bicyclic) bond motifs is 1. The second-order valence-electron chi connectivity index (χ2n) is 3.84. The van der Waals surface area contributed by atoms with Crippen molar-refractivity contribution in [1.82, 2.24) is 29.8 Å². The van der Waals surface area contributed by atoms with Crippen LogP contribution in [0.3, 0.4) is 0 Å². The molecule has 1 N–H and O–H groups in total. The highest BCUT2D eigenvalue weighted by molar-refractivity contribution is 7.71. The number of H-pyrrole nitrogens is 1. The molecule has 0 atom stereocenters. The van der Waals surface area contributed by atoms with E-state index in [0.717, 1.165) is 16.6 Å². The molecular formula is C10H10N6S. The summed E-state index contributed by atoms with van der Waals surface area (Å²) in [6, 6.07) is 6.01. The smallest absolute Gasteiger partial charge is 0.256 e. The van der Waals surface area contributed by atoms with E-state index in [9.17, 15) is 0 Å². The number of benzene rings is 1. The number of hydrogen-bond acceptors (Lipinski definition) is 4. The Kier molecular flexibility index (Phi) is 2.08. The van der Waals surface area contributed by atoms with E-state index in [1.807, 2.05) is 29.7 Å². The van der Waals surface area contributed by atoms with Gasteiger partial charge < -0.3 is 4.98 Å². The molecule has 86 valence electrons. The normalized spacial score (nSPS) is 11.2. The molecular weight excluding hydrogens is 236 g/mol. The molecule has 0 aliphatic carbocycles. The van der Waals surface area contributed by atoms with Crippen LogP contribution < -0.4 is 0 Å². The standard InChI is InChI=1S/C10H10N6S/c1-6-4-3-5-7-8(6)11-10(17)16(7)9-12-13-14-15(9)2/h3-5H,1-2H3,(H,11,17). The van der Waals surface area contributed by atoms with Crippen LogP contribution in [0, 0.1) is 11.7 Å². The molecule has 17 heavy (non-hydrogen) atoms. The predicted molar refractivity (Wildman–Crippen MR) is 65.6 cm³/mol. The van der Waals surface area contributed by atoms with Gasteiger partial charge in [0.2, 0.25) is 0 Å². The maximum atomic E-state index is 5.32. The van der Waals surface area contributed by atoms with Crippen LogP contribution in [0.15, 0.2) is 18.2 Å². The van der Waals surface area contributed by atoms with Crippen LogP contribution in [-0.2, 0) is 7.05 Å². The molecule has 3 rings (SSSR count). The largest absolute Gasteiger partial charge is 0.330 e. The zero-order valence-electron chi connectivity index (χ0n) is 9.38. The minimum Gasteiger partial charge on any atom is -0.330 e. The predicted octanol–water partition coefficient (Wildman–Crippen LogP) is 1.52. The fourth-order valence-electron chi connectivity index (χ4n) is 1.89. The zero-order chi connectivity index (χ0) is 12.0. The number of tetrazole rings is 1. The Balaban J connectivity index is 2.45. The molecule has 0 aliphatic heterocycles. The molecule has 0 amide bonds. The molecule has 0 bridgehead atoms. The third kappa shape index (κ3) is 1.39.